The van der Waals surface area contributed by atoms with Crippen LogP contribution >= 0.6 is 34.8 Å². The summed E-state index contributed by atoms with van der Waals surface area (Å²) in [6.45, 7) is 0. The molecule has 0 atom stereocenters. The van der Waals surface area contributed by atoms with Gasteiger partial charge < -0.3 is 0 Å². The molecule has 0 spiro atoms. The molecule has 0 radical (unpaired) electrons. The molecule has 112 valence electrons. The van der Waals surface area contributed by atoms with Crippen molar-refractivity contribution in [1.82, 2.24) is 9.78 Å². The van der Waals surface area contributed by atoms with E-state index in [4.69, 9.17) is 34.8 Å². The maximum absolute atomic E-state index is 6.22. The molecule has 2 nitrogen and oxygen atoms in total. The van der Waals surface area contributed by atoms with Gasteiger partial charge in [0.05, 0.1) is 15.7 Å². The predicted molar refractivity (Wildman–Crippen MR) is 92.4 cm³/mol. The lowest BCUT2D eigenvalue weighted by atomic mass is 10.1. The molecule has 0 bridgehead atoms. The molecular formula is C17H13Cl3N2. The lowest BCUT2D eigenvalue weighted by molar-refractivity contribution is 0.817. The van der Waals surface area contributed by atoms with E-state index in [1.54, 1.807) is 16.8 Å². The smallest absolute Gasteiger partial charge is 0.102 e. The molecular weight excluding hydrogens is 339 g/mol. The predicted octanol–water partition coefficient (Wildman–Crippen LogP) is 5.62. The number of halogens is 3. The first-order valence-corrected chi connectivity index (χ1v) is 8.00. The summed E-state index contributed by atoms with van der Waals surface area (Å²) >= 11 is 18.4. The number of aryl methyl sites for hydroxylation is 2. The van der Waals surface area contributed by atoms with Gasteiger partial charge in [-0.15, -0.1) is 0 Å². The van der Waals surface area contributed by atoms with Crippen molar-refractivity contribution in [2.45, 2.75) is 12.8 Å². The molecule has 3 aromatic rings. The maximum Gasteiger partial charge on any atom is 0.102 e. The molecule has 1 aromatic heterocycles. The zero-order chi connectivity index (χ0) is 15.5. The van der Waals surface area contributed by atoms with E-state index in [0.717, 1.165) is 18.5 Å². The Morgan fingerprint density at radius 1 is 0.864 bits per heavy atom. The van der Waals surface area contributed by atoms with E-state index in [0.29, 0.717) is 20.8 Å². The van der Waals surface area contributed by atoms with Crippen molar-refractivity contribution in [2.24, 2.45) is 0 Å². The summed E-state index contributed by atoms with van der Waals surface area (Å²) in [5.74, 6) is 0. The summed E-state index contributed by atoms with van der Waals surface area (Å²) in [4.78, 5) is 0. The van der Waals surface area contributed by atoms with E-state index in [1.807, 2.05) is 30.5 Å². The number of rotatable bonds is 4. The molecule has 0 fully saturated rings. The van der Waals surface area contributed by atoms with Crippen LogP contribution in [0.5, 0.6) is 0 Å². The highest BCUT2D eigenvalue weighted by Gasteiger charge is 2.11. The minimum Gasteiger partial charge on any atom is -0.238 e. The first-order chi connectivity index (χ1) is 10.6. The van der Waals surface area contributed by atoms with Crippen molar-refractivity contribution >= 4 is 34.8 Å². The van der Waals surface area contributed by atoms with Crippen LogP contribution in [0.3, 0.4) is 0 Å². The molecule has 0 unspecified atom stereocenters. The van der Waals surface area contributed by atoms with E-state index in [1.165, 1.54) is 5.56 Å². The lowest BCUT2D eigenvalue weighted by Gasteiger charge is -2.07. The number of benzene rings is 2. The minimum atomic E-state index is 0.482. The molecule has 1 heterocycles. The van der Waals surface area contributed by atoms with Crippen LogP contribution in [0.25, 0.3) is 5.69 Å². The Morgan fingerprint density at radius 3 is 2.23 bits per heavy atom. The fourth-order valence-electron chi connectivity index (χ4n) is 2.29. The van der Waals surface area contributed by atoms with Crippen molar-refractivity contribution in [1.29, 1.82) is 0 Å². The second-order valence-electron chi connectivity index (χ2n) is 4.96. The van der Waals surface area contributed by atoms with Gasteiger partial charge in [0.15, 0.2) is 0 Å². The molecule has 5 heteroatoms. The fourth-order valence-corrected chi connectivity index (χ4v) is 3.28. The van der Waals surface area contributed by atoms with Crippen molar-refractivity contribution in [3.63, 3.8) is 0 Å². The van der Waals surface area contributed by atoms with Gasteiger partial charge in [-0.25, -0.2) is 4.68 Å². The molecule has 0 saturated heterocycles. The third-order valence-electron chi connectivity index (χ3n) is 3.37. The second kappa shape index (κ2) is 6.74. The summed E-state index contributed by atoms with van der Waals surface area (Å²) in [5.41, 5.74) is 2.93. The Kier molecular flexibility index (Phi) is 4.72. The first-order valence-electron chi connectivity index (χ1n) is 6.87. The molecule has 0 aliphatic carbocycles. The molecule has 3 rings (SSSR count). The minimum absolute atomic E-state index is 0.482. The van der Waals surface area contributed by atoms with Crippen LogP contribution < -0.4 is 0 Å². The van der Waals surface area contributed by atoms with Crippen LogP contribution in [0, 0.1) is 0 Å². The summed E-state index contributed by atoms with van der Waals surface area (Å²) in [7, 11) is 0. The number of nitrogens with zero attached hydrogens (tertiary/aromatic N) is 2. The van der Waals surface area contributed by atoms with Crippen LogP contribution in [-0.2, 0) is 12.8 Å². The van der Waals surface area contributed by atoms with Crippen LogP contribution in [0.2, 0.25) is 15.1 Å². The van der Waals surface area contributed by atoms with Crippen LogP contribution in [0.1, 0.15) is 11.3 Å². The number of hydrogen-bond acceptors (Lipinski definition) is 1. The van der Waals surface area contributed by atoms with Crippen LogP contribution in [0.4, 0.5) is 0 Å². The average Bonchev–Trinajstić information content (AvgIpc) is 2.94. The van der Waals surface area contributed by atoms with Gasteiger partial charge in [-0.3, -0.25) is 0 Å². The van der Waals surface area contributed by atoms with Crippen molar-refractivity contribution in [3.05, 3.63) is 81.1 Å². The van der Waals surface area contributed by atoms with E-state index in [-0.39, 0.29) is 0 Å². The normalized spacial score (nSPS) is 10.9. The highest BCUT2D eigenvalue weighted by Crippen LogP contribution is 2.31. The summed E-state index contributed by atoms with van der Waals surface area (Å²) < 4.78 is 1.70. The molecule has 0 aliphatic heterocycles. The zero-order valence-corrected chi connectivity index (χ0v) is 13.9. The second-order valence-corrected chi connectivity index (χ2v) is 6.21. The molecule has 0 aliphatic rings. The van der Waals surface area contributed by atoms with Crippen molar-refractivity contribution in [2.75, 3.05) is 0 Å². The Balaban J connectivity index is 1.80. The Labute approximate surface area is 144 Å². The number of hydrogen-bond donors (Lipinski definition) is 0. The summed E-state index contributed by atoms with van der Waals surface area (Å²) in [5, 5.41) is 6.02. The first kappa shape index (κ1) is 15.4. The van der Waals surface area contributed by atoms with E-state index in [9.17, 15) is 0 Å². The maximum atomic E-state index is 6.22. The van der Waals surface area contributed by atoms with Gasteiger partial charge in [-0.2, -0.15) is 5.10 Å². The zero-order valence-electron chi connectivity index (χ0n) is 11.6. The Bertz CT molecular complexity index is 759. The van der Waals surface area contributed by atoms with Crippen LogP contribution in [0.15, 0.2) is 54.7 Å². The van der Waals surface area contributed by atoms with Gasteiger partial charge in [-0.05, 0) is 36.6 Å². The lowest BCUT2D eigenvalue weighted by Crippen LogP contribution is -1.99. The van der Waals surface area contributed by atoms with Crippen LogP contribution in [-0.4, -0.2) is 9.78 Å². The van der Waals surface area contributed by atoms with Gasteiger partial charge >= 0.3 is 0 Å². The standard InChI is InChI=1S/C17H13Cl3N2/c18-13-10-15(19)17(16(20)11-13)22-9-8-14(21-22)7-6-12-4-2-1-3-5-12/h1-5,8-11H,6-7H2. The van der Waals surface area contributed by atoms with E-state index in [2.05, 4.69) is 17.2 Å². The van der Waals surface area contributed by atoms with Gasteiger partial charge in [0, 0.05) is 11.2 Å². The highest BCUT2D eigenvalue weighted by atomic mass is 35.5. The highest BCUT2D eigenvalue weighted by molar-refractivity contribution is 6.40. The van der Waals surface area contributed by atoms with Gasteiger partial charge in [0.1, 0.15) is 5.69 Å². The molecule has 22 heavy (non-hydrogen) atoms. The van der Waals surface area contributed by atoms with Gasteiger partial charge in [0.2, 0.25) is 0 Å². The number of aromatic nitrogens is 2. The quantitative estimate of drug-likeness (QED) is 0.596. The van der Waals surface area contributed by atoms with Crippen molar-refractivity contribution in [3.8, 4) is 5.69 Å². The van der Waals surface area contributed by atoms with Gasteiger partial charge in [-0.1, -0.05) is 65.1 Å². The summed E-state index contributed by atoms with van der Waals surface area (Å²) in [6, 6.07) is 15.6. The molecule has 0 saturated carbocycles. The molecule has 0 amide bonds. The monoisotopic (exact) mass is 350 g/mol. The SMILES string of the molecule is Clc1cc(Cl)c(-n2ccc(CCc3ccccc3)n2)c(Cl)c1. The third-order valence-corrected chi connectivity index (χ3v) is 4.16. The Morgan fingerprint density at radius 2 is 1.55 bits per heavy atom. The molecule has 0 N–H and O–H groups in total. The average molecular weight is 352 g/mol. The van der Waals surface area contributed by atoms with E-state index < -0.39 is 0 Å². The van der Waals surface area contributed by atoms with E-state index >= 15 is 0 Å². The third kappa shape index (κ3) is 3.46. The molecule has 2 aromatic carbocycles. The Hall–Kier alpha value is -1.48. The summed E-state index contributed by atoms with van der Waals surface area (Å²) in [6.07, 6.45) is 3.67. The van der Waals surface area contributed by atoms with Crippen molar-refractivity contribution < 1.29 is 0 Å². The van der Waals surface area contributed by atoms with Gasteiger partial charge in [0.25, 0.3) is 0 Å². The largest absolute Gasteiger partial charge is 0.238 e. The topological polar surface area (TPSA) is 17.8 Å². The fraction of sp³-hybridized carbons (Fsp3) is 0.118.